The highest BCUT2D eigenvalue weighted by atomic mass is 16.5. The van der Waals surface area contributed by atoms with E-state index < -0.39 is 17.9 Å². The second-order valence-electron chi connectivity index (χ2n) is 12.6. The summed E-state index contributed by atoms with van der Waals surface area (Å²) in [4.78, 5) is 38.6. The van der Waals surface area contributed by atoms with Gasteiger partial charge in [0.2, 0.25) is 0 Å². The summed E-state index contributed by atoms with van der Waals surface area (Å²) in [6.07, 6.45) is 14.6. The molecule has 0 aromatic heterocycles. The zero-order chi connectivity index (χ0) is 30.5. The van der Waals surface area contributed by atoms with Crippen molar-refractivity contribution in [2.75, 3.05) is 19.8 Å². The summed E-state index contributed by atoms with van der Waals surface area (Å²) < 4.78 is 16.4. The molecule has 0 saturated heterocycles. The molecule has 234 valence electrons. The van der Waals surface area contributed by atoms with E-state index in [4.69, 9.17) is 14.2 Å². The molecule has 0 spiro atoms. The number of hydrogen-bond donors (Lipinski definition) is 0. The number of ether oxygens (including phenoxy) is 3. The van der Waals surface area contributed by atoms with E-state index in [1.54, 1.807) is 0 Å². The summed E-state index contributed by atoms with van der Waals surface area (Å²) in [7, 11) is 0. The van der Waals surface area contributed by atoms with Gasteiger partial charge in [-0.05, 0) is 55.2 Å². The average Bonchev–Trinajstić information content (AvgIpc) is 2.92. The Hall–Kier alpha value is -2.37. The van der Waals surface area contributed by atoms with Crippen molar-refractivity contribution in [3.8, 4) is 0 Å². The van der Waals surface area contributed by atoms with E-state index in [0.717, 1.165) is 76.5 Å². The molecule has 0 radical (unpaired) electrons. The third kappa shape index (κ3) is 17.9. The molecule has 6 nitrogen and oxygen atoms in total. The van der Waals surface area contributed by atoms with Gasteiger partial charge in [-0.3, -0.25) is 0 Å². The fourth-order valence-electron chi connectivity index (χ4n) is 4.60. The molecular formula is C35H58O6. The molecule has 0 atom stereocenters. The molecule has 0 aliphatic carbocycles. The van der Waals surface area contributed by atoms with Crippen LogP contribution in [0, 0.1) is 17.8 Å². The number of carbonyl (C=O) groups excluding carboxylic acids is 3. The summed E-state index contributed by atoms with van der Waals surface area (Å²) in [5.41, 5.74) is 0.405. The zero-order valence-electron chi connectivity index (χ0n) is 26.9. The minimum Gasteiger partial charge on any atom is -0.462 e. The van der Waals surface area contributed by atoms with Gasteiger partial charge in [-0.1, -0.05) is 112 Å². The van der Waals surface area contributed by atoms with Crippen molar-refractivity contribution in [2.24, 2.45) is 17.8 Å². The summed E-state index contributed by atoms with van der Waals surface area (Å²) >= 11 is 0. The van der Waals surface area contributed by atoms with Gasteiger partial charge in [-0.25, -0.2) is 14.4 Å². The van der Waals surface area contributed by atoms with E-state index in [0.29, 0.717) is 25.0 Å². The highest BCUT2D eigenvalue weighted by molar-refractivity contribution is 6.05. The fourth-order valence-corrected chi connectivity index (χ4v) is 4.60. The first-order valence-electron chi connectivity index (χ1n) is 16.3. The van der Waals surface area contributed by atoms with E-state index in [-0.39, 0.29) is 23.3 Å². The van der Waals surface area contributed by atoms with E-state index in [9.17, 15) is 14.4 Å². The summed E-state index contributed by atoms with van der Waals surface area (Å²) in [5.74, 6) is 0.354. The lowest BCUT2D eigenvalue weighted by Crippen LogP contribution is -2.17. The van der Waals surface area contributed by atoms with Crippen LogP contribution in [0.15, 0.2) is 18.2 Å². The molecule has 0 heterocycles. The highest BCUT2D eigenvalue weighted by Gasteiger charge is 2.22. The number of carbonyl (C=O) groups is 3. The predicted molar refractivity (Wildman–Crippen MR) is 166 cm³/mol. The molecule has 0 bridgehead atoms. The molecule has 0 aliphatic rings. The van der Waals surface area contributed by atoms with Crippen LogP contribution in [-0.4, -0.2) is 37.7 Å². The van der Waals surface area contributed by atoms with Crippen molar-refractivity contribution in [3.05, 3.63) is 34.9 Å². The second kappa shape index (κ2) is 22.3. The van der Waals surface area contributed by atoms with Gasteiger partial charge in [-0.15, -0.1) is 0 Å². The van der Waals surface area contributed by atoms with Crippen LogP contribution >= 0.6 is 0 Å². The number of hydrogen-bond acceptors (Lipinski definition) is 6. The minimum absolute atomic E-state index is 0.0524. The van der Waals surface area contributed by atoms with Gasteiger partial charge in [0.25, 0.3) is 0 Å². The fraction of sp³-hybridized carbons (Fsp3) is 0.743. The molecule has 0 N–H and O–H groups in total. The first-order chi connectivity index (χ1) is 19.6. The van der Waals surface area contributed by atoms with Gasteiger partial charge in [-0.2, -0.15) is 0 Å². The van der Waals surface area contributed by atoms with E-state index in [1.807, 2.05) is 0 Å². The average molecular weight is 575 g/mol. The first-order valence-corrected chi connectivity index (χ1v) is 16.3. The molecule has 0 saturated carbocycles. The van der Waals surface area contributed by atoms with Crippen LogP contribution in [0.4, 0.5) is 0 Å². The van der Waals surface area contributed by atoms with Crippen LogP contribution in [0.3, 0.4) is 0 Å². The quantitative estimate of drug-likeness (QED) is 0.0735. The van der Waals surface area contributed by atoms with Crippen LogP contribution in [0.25, 0.3) is 0 Å². The zero-order valence-corrected chi connectivity index (χ0v) is 26.9. The lowest BCUT2D eigenvalue weighted by atomic mass is 10.0. The molecular weight excluding hydrogens is 516 g/mol. The lowest BCUT2D eigenvalue weighted by Gasteiger charge is -2.12. The monoisotopic (exact) mass is 574 g/mol. The first kappa shape index (κ1) is 36.7. The second-order valence-corrected chi connectivity index (χ2v) is 12.6. The SMILES string of the molecule is CC(C)CCCCCCCOC(=O)c1ccc(C(=O)OCCCCCC(C)C)c(C(=O)OCCCCCC(C)C)c1. The Morgan fingerprint density at radius 1 is 0.488 bits per heavy atom. The number of esters is 3. The van der Waals surface area contributed by atoms with Gasteiger partial charge in [0.1, 0.15) is 0 Å². The van der Waals surface area contributed by atoms with Crippen molar-refractivity contribution in [1.82, 2.24) is 0 Å². The van der Waals surface area contributed by atoms with Gasteiger partial charge >= 0.3 is 17.9 Å². The number of rotatable bonds is 23. The Morgan fingerprint density at radius 2 is 0.854 bits per heavy atom. The van der Waals surface area contributed by atoms with Crippen LogP contribution in [0.5, 0.6) is 0 Å². The molecule has 0 aliphatic heterocycles. The van der Waals surface area contributed by atoms with E-state index in [2.05, 4.69) is 41.5 Å². The number of benzene rings is 1. The third-order valence-corrected chi connectivity index (χ3v) is 7.17. The normalized spacial score (nSPS) is 11.3. The predicted octanol–water partition coefficient (Wildman–Crippen LogP) is 9.59. The largest absolute Gasteiger partial charge is 0.462 e. The summed E-state index contributed by atoms with van der Waals surface area (Å²) in [5, 5.41) is 0. The Labute approximate surface area is 250 Å². The van der Waals surface area contributed by atoms with Crippen molar-refractivity contribution < 1.29 is 28.6 Å². The maximum absolute atomic E-state index is 13.0. The lowest BCUT2D eigenvalue weighted by molar-refractivity contribution is 0.0447. The molecule has 0 fully saturated rings. The standard InChI is InChI=1S/C35H58O6/c1-27(2)18-12-8-7-9-15-23-39-33(36)30-21-22-31(34(37)40-24-16-10-13-19-28(3)4)32(26-30)35(38)41-25-17-11-14-20-29(5)6/h21-22,26-29H,7-20,23-25H2,1-6H3. The topological polar surface area (TPSA) is 78.9 Å². The van der Waals surface area contributed by atoms with Crippen LogP contribution in [0.1, 0.15) is 163 Å². The molecule has 41 heavy (non-hydrogen) atoms. The molecule has 1 aromatic carbocycles. The third-order valence-electron chi connectivity index (χ3n) is 7.17. The van der Waals surface area contributed by atoms with E-state index in [1.165, 1.54) is 37.5 Å². The molecule has 1 rings (SSSR count). The molecule has 6 heteroatoms. The van der Waals surface area contributed by atoms with Gasteiger partial charge in [0, 0.05) is 0 Å². The van der Waals surface area contributed by atoms with E-state index >= 15 is 0 Å². The van der Waals surface area contributed by atoms with Crippen molar-refractivity contribution >= 4 is 17.9 Å². The van der Waals surface area contributed by atoms with Gasteiger partial charge < -0.3 is 14.2 Å². The van der Waals surface area contributed by atoms with Crippen LogP contribution in [0.2, 0.25) is 0 Å². The molecule has 1 aromatic rings. The summed E-state index contributed by atoms with van der Waals surface area (Å²) in [6, 6.07) is 4.41. The Balaban J connectivity index is 2.71. The molecule has 0 amide bonds. The van der Waals surface area contributed by atoms with Gasteiger partial charge in [0.15, 0.2) is 0 Å². The minimum atomic E-state index is -0.617. The highest BCUT2D eigenvalue weighted by Crippen LogP contribution is 2.18. The smallest absolute Gasteiger partial charge is 0.339 e. The Morgan fingerprint density at radius 3 is 1.32 bits per heavy atom. The maximum Gasteiger partial charge on any atom is 0.339 e. The number of unbranched alkanes of at least 4 members (excludes halogenated alkanes) is 8. The van der Waals surface area contributed by atoms with Crippen molar-refractivity contribution in [1.29, 1.82) is 0 Å². The maximum atomic E-state index is 13.0. The van der Waals surface area contributed by atoms with Crippen LogP contribution in [-0.2, 0) is 14.2 Å². The van der Waals surface area contributed by atoms with Gasteiger partial charge in [0.05, 0.1) is 36.5 Å². The molecule has 0 unspecified atom stereocenters. The van der Waals surface area contributed by atoms with Crippen LogP contribution < -0.4 is 0 Å². The van der Waals surface area contributed by atoms with Crippen molar-refractivity contribution in [3.63, 3.8) is 0 Å². The Bertz CT molecular complexity index is 873. The summed E-state index contributed by atoms with van der Waals surface area (Å²) in [6.45, 7) is 14.2. The van der Waals surface area contributed by atoms with Crippen molar-refractivity contribution in [2.45, 2.75) is 131 Å². The Kier molecular flexibility index (Phi) is 19.9.